The lowest BCUT2D eigenvalue weighted by Crippen LogP contribution is -1.88. The molecular weight excluding hydrogens is 342 g/mol. The van der Waals surface area contributed by atoms with Crippen molar-refractivity contribution in [2.75, 3.05) is 5.73 Å². The zero-order chi connectivity index (χ0) is 12.3. The van der Waals surface area contributed by atoms with Crippen molar-refractivity contribution in [2.24, 2.45) is 0 Å². The van der Waals surface area contributed by atoms with E-state index in [-0.39, 0.29) is 0 Å². The Morgan fingerprint density at radius 2 is 1.59 bits per heavy atom. The van der Waals surface area contributed by atoms with Gasteiger partial charge in [0.1, 0.15) is 0 Å². The van der Waals surface area contributed by atoms with Crippen molar-refractivity contribution in [3.8, 4) is 11.8 Å². The number of benzene rings is 2. The third kappa shape index (κ3) is 3.12. The molecule has 0 aliphatic carbocycles. The smallest absolute Gasteiger partial charge is 0.0478 e. The molecule has 0 aliphatic heterocycles. The summed E-state index contributed by atoms with van der Waals surface area (Å²) < 4.78 is 1.99. The van der Waals surface area contributed by atoms with Crippen molar-refractivity contribution in [3.63, 3.8) is 0 Å². The highest BCUT2D eigenvalue weighted by atomic mass is 79.9. The van der Waals surface area contributed by atoms with Gasteiger partial charge < -0.3 is 5.73 Å². The summed E-state index contributed by atoms with van der Waals surface area (Å²) in [4.78, 5) is 0. The summed E-state index contributed by atoms with van der Waals surface area (Å²) in [5, 5.41) is 0. The van der Waals surface area contributed by atoms with Crippen LogP contribution >= 0.6 is 31.9 Å². The standard InChI is InChI=1S/C14H9Br2N/c15-12-8-7-10(13(16)9-12)5-6-11-3-1-2-4-14(11)17/h1-4,7-9H,17H2. The van der Waals surface area contributed by atoms with Gasteiger partial charge in [0.2, 0.25) is 0 Å². The predicted molar refractivity (Wildman–Crippen MR) is 78.7 cm³/mol. The maximum atomic E-state index is 5.83. The number of hydrogen-bond donors (Lipinski definition) is 1. The summed E-state index contributed by atoms with van der Waals surface area (Å²) in [7, 11) is 0. The van der Waals surface area contributed by atoms with Crippen LogP contribution in [0.2, 0.25) is 0 Å². The number of nitrogens with two attached hydrogens (primary N) is 1. The van der Waals surface area contributed by atoms with Gasteiger partial charge in [-0.15, -0.1) is 0 Å². The summed E-state index contributed by atoms with van der Waals surface area (Å²) in [6.07, 6.45) is 0. The molecule has 17 heavy (non-hydrogen) atoms. The van der Waals surface area contributed by atoms with E-state index < -0.39 is 0 Å². The van der Waals surface area contributed by atoms with Gasteiger partial charge in [-0.1, -0.05) is 39.9 Å². The van der Waals surface area contributed by atoms with Crippen molar-refractivity contribution < 1.29 is 0 Å². The van der Waals surface area contributed by atoms with Crippen LogP contribution < -0.4 is 5.73 Å². The molecule has 2 N–H and O–H groups in total. The second kappa shape index (κ2) is 5.39. The Hall–Kier alpha value is -1.24. The number of rotatable bonds is 0. The quantitative estimate of drug-likeness (QED) is 0.559. The first-order chi connectivity index (χ1) is 8.16. The molecule has 0 radical (unpaired) electrons. The zero-order valence-electron chi connectivity index (χ0n) is 8.87. The highest BCUT2D eigenvalue weighted by Gasteiger charge is 1.97. The summed E-state index contributed by atoms with van der Waals surface area (Å²) in [6, 6.07) is 13.5. The fraction of sp³-hybridized carbons (Fsp3) is 0. The van der Waals surface area contributed by atoms with Gasteiger partial charge >= 0.3 is 0 Å². The molecule has 0 spiro atoms. The molecule has 2 aromatic rings. The number of para-hydroxylation sites is 1. The maximum Gasteiger partial charge on any atom is 0.0478 e. The van der Waals surface area contributed by atoms with E-state index in [9.17, 15) is 0 Å². The Morgan fingerprint density at radius 3 is 2.29 bits per heavy atom. The summed E-state index contributed by atoms with van der Waals surface area (Å²) >= 11 is 6.88. The summed E-state index contributed by atoms with van der Waals surface area (Å²) in [5.41, 5.74) is 8.32. The monoisotopic (exact) mass is 349 g/mol. The zero-order valence-corrected chi connectivity index (χ0v) is 12.0. The van der Waals surface area contributed by atoms with Crippen LogP contribution in [0.4, 0.5) is 5.69 Å². The lowest BCUT2D eigenvalue weighted by Gasteiger charge is -1.98. The number of hydrogen-bond acceptors (Lipinski definition) is 1. The Labute approximate surface area is 117 Å². The maximum absolute atomic E-state index is 5.83. The molecule has 0 unspecified atom stereocenters. The van der Waals surface area contributed by atoms with Crippen LogP contribution in [-0.2, 0) is 0 Å². The molecule has 0 heterocycles. The van der Waals surface area contributed by atoms with E-state index in [1.165, 1.54) is 0 Å². The van der Waals surface area contributed by atoms with E-state index in [2.05, 4.69) is 43.7 Å². The molecule has 2 aromatic carbocycles. The van der Waals surface area contributed by atoms with Crippen molar-refractivity contribution >= 4 is 37.5 Å². The Morgan fingerprint density at radius 1 is 0.882 bits per heavy atom. The molecule has 0 atom stereocenters. The average molecular weight is 351 g/mol. The van der Waals surface area contributed by atoms with Gasteiger partial charge in [-0.2, -0.15) is 0 Å². The van der Waals surface area contributed by atoms with E-state index in [0.717, 1.165) is 20.1 Å². The fourth-order valence-corrected chi connectivity index (χ4v) is 2.48. The van der Waals surface area contributed by atoms with Crippen LogP contribution in [0.1, 0.15) is 11.1 Å². The first-order valence-electron chi connectivity index (χ1n) is 4.98. The third-order valence-electron chi connectivity index (χ3n) is 2.22. The first-order valence-corrected chi connectivity index (χ1v) is 6.57. The molecule has 2 rings (SSSR count). The number of anilines is 1. The summed E-state index contributed by atoms with van der Waals surface area (Å²) in [5.74, 6) is 6.17. The predicted octanol–water partition coefficient (Wildman–Crippen LogP) is 4.19. The van der Waals surface area contributed by atoms with Gasteiger partial charge in [0.15, 0.2) is 0 Å². The van der Waals surface area contributed by atoms with Crippen molar-refractivity contribution in [1.29, 1.82) is 0 Å². The molecule has 3 heteroatoms. The molecule has 0 aliphatic rings. The van der Waals surface area contributed by atoms with Crippen molar-refractivity contribution in [1.82, 2.24) is 0 Å². The Balaban J connectivity index is 2.37. The normalized spacial score (nSPS) is 9.53. The second-order valence-corrected chi connectivity index (χ2v) is 5.23. The average Bonchev–Trinajstić information content (AvgIpc) is 2.30. The molecule has 0 amide bonds. The van der Waals surface area contributed by atoms with Crippen LogP contribution in [0.15, 0.2) is 51.4 Å². The largest absolute Gasteiger partial charge is 0.398 e. The van der Waals surface area contributed by atoms with Crippen LogP contribution in [0.5, 0.6) is 0 Å². The van der Waals surface area contributed by atoms with Gasteiger partial charge in [0.25, 0.3) is 0 Å². The van der Waals surface area contributed by atoms with Gasteiger partial charge in [0.05, 0.1) is 0 Å². The van der Waals surface area contributed by atoms with E-state index in [1.54, 1.807) is 0 Å². The number of nitrogen functional groups attached to an aromatic ring is 1. The van der Waals surface area contributed by atoms with E-state index in [0.29, 0.717) is 5.69 Å². The lowest BCUT2D eigenvalue weighted by atomic mass is 10.1. The van der Waals surface area contributed by atoms with Crippen LogP contribution in [-0.4, -0.2) is 0 Å². The molecule has 0 bridgehead atoms. The highest BCUT2D eigenvalue weighted by Crippen LogP contribution is 2.21. The molecule has 0 fully saturated rings. The lowest BCUT2D eigenvalue weighted by molar-refractivity contribution is 1.55. The minimum atomic E-state index is 0.702. The Kier molecular flexibility index (Phi) is 3.88. The molecule has 0 aromatic heterocycles. The SMILES string of the molecule is Nc1ccccc1C#Cc1ccc(Br)cc1Br. The van der Waals surface area contributed by atoms with E-state index in [4.69, 9.17) is 5.73 Å². The van der Waals surface area contributed by atoms with Crippen molar-refractivity contribution in [2.45, 2.75) is 0 Å². The second-order valence-electron chi connectivity index (χ2n) is 3.46. The Bertz CT molecular complexity index is 609. The molecular formula is C14H9Br2N. The van der Waals surface area contributed by atoms with Crippen molar-refractivity contribution in [3.05, 3.63) is 62.5 Å². The van der Waals surface area contributed by atoms with Crippen LogP contribution in [0.3, 0.4) is 0 Å². The van der Waals surface area contributed by atoms with E-state index >= 15 is 0 Å². The topological polar surface area (TPSA) is 26.0 Å². The van der Waals surface area contributed by atoms with Gasteiger partial charge in [0, 0.05) is 25.8 Å². The minimum absolute atomic E-state index is 0.702. The van der Waals surface area contributed by atoms with E-state index in [1.807, 2.05) is 42.5 Å². The number of halogens is 2. The summed E-state index contributed by atoms with van der Waals surface area (Å²) in [6.45, 7) is 0. The fourth-order valence-electron chi connectivity index (χ4n) is 1.34. The molecule has 84 valence electrons. The minimum Gasteiger partial charge on any atom is -0.398 e. The molecule has 0 saturated heterocycles. The third-order valence-corrected chi connectivity index (χ3v) is 3.37. The first kappa shape index (κ1) is 12.2. The molecule has 1 nitrogen and oxygen atoms in total. The highest BCUT2D eigenvalue weighted by molar-refractivity contribution is 9.11. The van der Waals surface area contributed by atoms with Gasteiger partial charge in [-0.25, -0.2) is 0 Å². The molecule has 0 saturated carbocycles. The van der Waals surface area contributed by atoms with Crippen LogP contribution in [0.25, 0.3) is 0 Å². The van der Waals surface area contributed by atoms with Crippen LogP contribution in [0, 0.1) is 11.8 Å². The van der Waals surface area contributed by atoms with Gasteiger partial charge in [-0.05, 0) is 46.3 Å². The van der Waals surface area contributed by atoms with Gasteiger partial charge in [-0.3, -0.25) is 0 Å².